The van der Waals surface area contributed by atoms with E-state index in [4.69, 9.17) is 19.2 Å². The van der Waals surface area contributed by atoms with E-state index < -0.39 is 9.05 Å². The summed E-state index contributed by atoms with van der Waals surface area (Å²) < 4.78 is 0. The van der Waals surface area contributed by atoms with E-state index >= 15 is 0 Å². The first-order valence-corrected chi connectivity index (χ1v) is 7.51. The van der Waals surface area contributed by atoms with E-state index in [1.165, 1.54) is 0 Å². The van der Waals surface area contributed by atoms with E-state index in [0.29, 0.717) is 22.3 Å². The SMILES string of the molecule is O=C1c2ccccc2C(=O)c2ccccc21.[Mg+2].[Mg+2].[O-][Si]([O-])([O-])[O-]. The molecule has 1 aliphatic carbocycles. The van der Waals surface area contributed by atoms with E-state index in [9.17, 15) is 9.59 Å². The maximum atomic E-state index is 12.1. The second-order valence-corrected chi connectivity index (χ2v) is 5.25. The van der Waals surface area contributed by atoms with Crippen molar-refractivity contribution in [2.24, 2.45) is 0 Å². The number of ketones is 2. The van der Waals surface area contributed by atoms with Gasteiger partial charge in [0, 0.05) is 22.3 Å². The molecule has 0 atom stereocenters. The second kappa shape index (κ2) is 9.01. The van der Waals surface area contributed by atoms with Crippen LogP contribution in [-0.4, -0.2) is 66.7 Å². The summed E-state index contributed by atoms with van der Waals surface area (Å²) in [4.78, 5) is 58.5. The van der Waals surface area contributed by atoms with Crippen molar-refractivity contribution < 1.29 is 28.8 Å². The fourth-order valence-corrected chi connectivity index (χ4v) is 2.05. The van der Waals surface area contributed by atoms with E-state index in [0.717, 1.165) is 0 Å². The summed E-state index contributed by atoms with van der Waals surface area (Å²) in [6, 6.07) is 13.9. The average molecular weight is 349 g/mol. The van der Waals surface area contributed by atoms with Crippen LogP contribution >= 0.6 is 0 Å². The van der Waals surface area contributed by atoms with Crippen molar-refractivity contribution >= 4 is 66.7 Å². The van der Waals surface area contributed by atoms with Crippen molar-refractivity contribution in [3.05, 3.63) is 70.8 Å². The van der Waals surface area contributed by atoms with Crippen molar-refractivity contribution in [1.82, 2.24) is 0 Å². The molecule has 6 nitrogen and oxygen atoms in total. The Balaban J connectivity index is 0.000000615. The van der Waals surface area contributed by atoms with Gasteiger partial charge in [-0.25, -0.2) is 0 Å². The Morgan fingerprint density at radius 3 is 0.913 bits per heavy atom. The number of benzene rings is 2. The van der Waals surface area contributed by atoms with Crippen LogP contribution in [0.25, 0.3) is 0 Å². The standard InChI is InChI=1S/C14H8O2.2Mg.O4Si/c15-13-9-5-1-2-6-10(9)14(16)12-8-4-3-7-11(12)13;;;1-5(2,3)4/h1-8H;;;/q;2*+2;-4. The van der Waals surface area contributed by atoms with Crippen LogP contribution in [0.5, 0.6) is 0 Å². The number of hydrogen-bond acceptors (Lipinski definition) is 6. The number of hydrogen-bond donors (Lipinski definition) is 0. The topological polar surface area (TPSA) is 126 Å². The molecule has 0 saturated carbocycles. The van der Waals surface area contributed by atoms with Gasteiger partial charge in [0.15, 0.2) is 11.6 Å². The van der Waals surface area contributed by atoms with E-state index in [2.05, 4.69) is 0 Å². The summed E-state index contributed by atoms with van der Waals surface area (Å²) in [5.74, 6) is -0.128. The van der Waals surface area contributed by atoms with Crippen LogP contribution in [0.3, 0.4) is 0 Å². The number of carbonyl (C=O) groups is 2. The van der Waals surface area contributed by atoms with Crippen LogP contribution in [0.1, 0.15) is 31.8 Å². The zero-order valence-electron chi connectivity index (χ0n) is 12.0. The molecule has 2 aromatic rings. The Hall–Kier alpha value is -0.631. The third-order valence-electron chi connectivity index (χ3n) is 2.83. The van der Waals surface area contributed by atoms with Crippen LogP contribution in [0.4, 0.5) is 0 Å². The fourth-order valence-electron chi connectivity index (χ4n) is 2.05. The minimum absolute atomic E-state index is 0. The van der Waals surface area contributed by atoms with Gasteiger partial charge in [0.1, 0.15) is 0 Å². The molecule has 0 radical (unpaired) electrons. The van der Waals surface area contributed by atoms with Gasteiger partial charge >= 0.3 is 46.1 Å². The second-order valence-electron chi connectivity index (χ2n) is 4.25. The molecule has 0 heterocycles. The molecule has 3 rings (SSSR count). The Morgan fingerprint density at radius 1 is 0.565 bits per heavy atom. The Morgan fingerprint density at radius 2 is 0.739 bits per heavy atom. The first-order valence-electron chi connectivity index (χ1n) is 5.88. The zero-order chi connectivity index (χ0) is 15.6. The Labute approximate surface area is 165 Å². The van der Waals surface area contributed by atoms with E-state index in [-0.39, 0.29) is 57.7 Å². The monoisotopic (exact) mass is 348 g/mol. The molecule has 1 aliphatic rings. The molecular formula is C14H8Mg2O6Si. The van der Waals surface area contributed by atoms with Gasteiger partial charge in [0.2, 0.25) is 0 Å². The molecule has 0 aliphatic heterocycles. The van der Waals surface area contributed by atoms with E-state index in [1.54, 1.807) is 48.5 Å². The molecule has 0 amide bonds. The van der Waals surface area contributed by atoms with Crippen molar-refractivity contribution in [2.75, 3.05) is 0 Å². The van der Waals surface area contributed by atoms with Gasteiger partial charge in [-0.2, -0.15) is 0 Å². The summed E-state index contributed by atoms with van der Waals surface area (Å²) in [6.07, 6.45) is 0. The molecule has 9 heteroatoms. The van der Waals surface area contributed by atoms with Gasteiger partial charge < -0.3 is 28.2 Å². The first-order chi connectivity index (χ1) is 9.79. The average Bonchev–Trinajstić information content (AvgIpc) is 2.43. The molecule has 0 fully saturated rings. The quantitative estimate of drug-likeness (QED) is 0.389. The third kappa shape index (κ3) is 5.74. The predicted molar refractivity (Wildman–Crippen MR) is 77.0 cm³/mol. The van der Waals surface area contributed by atoms with Gasteiger partial charge in [0.05, 0.1) is 0 Å². The summed E-state index contributed by atoms with van der Waals surface area (Å²) in [7, 11) is -5.61. The van der Waals surface area contributed by atoms with Crippen molar-refractivity contribution in [3.8, 4) is 0 Å². The van der Waals surface area contributed by atoms with Crippen LogP contribution in [0, 0.1) is 0 Å². The number of rotatable bonds is 0. The third-order valence-corrected chi connectivity index (χ3v) is 2.83. The van der Waals surface area contributed by atoms with Crippen LogP contribution in [0.15, 0.2) is 48.5 Å². The molecule has 2 aromatic carbocycles. The normalized spacial score (nSPS) is 11.8. The molecular weight excluding hydrogens is 341 g/mol. The zero-order valence-corrected chi connectivity index (χ0v) is 15.8. The summed E-state index contributed by atoms with van der Waals surface area (Å²) >= 11 is 0. The Kier molecular flexibility index (Phi) is 8.76. The molecule has 108 valence electrons. The number of fused-ring (bicyclic) bond motifs is 2. The summed E-state index contributed by atoms with van der Waals surface area (Å²) in [5.41, 5.74) is 2.02. The van der Waals surface area contributed by atoms with Crippen molar-refractivity contribution in [2.45, 2.75) is 0 Å². The minimum Gasteiger partial charge on any atom is -0.894 e. The molecule has 0 aromatic heterocycles. The smallest absolute Gasteiger partial charge is 0.894 e. The van der Waals surface area contributed by atoms with Crippen LogP contribution in [-0.2, 0) is 0 Å². The van der Waals surface area contributed by atoms with Gasteiger partial charge in [-0.05, 0) is 0 Å². The maximum Gasteiger partial charge on any atom is 2.00 e. The van der Waals surface area contributed by atoms with Gasteiger partial charge in [-0.3, -0.25) is 9.59 Å². The van der Waals surface area contributed by atoms with Gasteiger partial charge in [-0.1, -0.05) is 48.5 Å². The van der Waals surface area contributed by atoms with Crippen molar-refractivity contribution in [3.63, 3.8) is 0 Å². The van der Waals surface area contributed by atoms with Crippen LogP contribution < -0.4 is 19.2 Å². The predicted octanol–water partition coefficient (Wildman–Crippen LogP) is -3.44. The number of carbonyl (C=O) groups excluding carboxylic acids is 2. The van der Waals surface area contributed by atoms with Gasteiger partial charge in [0.25, 0.3) is 0 Å². The molecule has 0 unspecified atom stereocenters. The fraction of sp³-hybridized carbons (Fsp3) is 0. The van der Waals surface area contributed by atoms with Gasteiger partial charge in [-0.15, -0.1) is 0 Å². The molecule has 0 saturated heterocycles. The van der Waals surface area contributed by atoms with Crippen molar-refractivity contribution in [1.29, 1.82) is 0 Å². The summed E-state index contributed by atoms with van der Waals surface area (Å²) in [6.45, 7) is 0. The first kappa shape index (κ1) is 22.4. The summed E-state index contributed by atoms with van der Waals surface area (Å²) in [5, 5.41) is 0. The molecule has 0 spiro atoms. The molecule has 0 N–H and O–H groups in total. The Bertz CT molecular complexity index is 603. The van der Waals surface area contributed by atoms with Crippen LogP contribution in [0.2, 0.25) is 0 Å². The largest absolute Gasteiger partial charge is 2.00 e. The minimum atomic E-state index is -5.61. The molecule has 0 bridgehead atoms. The molecule has 23 heavy (non-hydrogen) atoms. The maximum absolute atomic E-state index is 12.1. The van der Waals surface area contributed by atoms with E-state index in [1.807, 2.05) is 0 Å².